The fourth-order valence-corrected chi connectivity index (χ4v) is 5.35. The summed E-state index contributed by atoms with van der Waals surface area (Å²) in [5.41, 5.74) is 0.564. The lowest BCUT2D eigenvalue weighted by atomic mass is 9.95. The van der Waals surface area contributed by atoms with Crippen LogP contribution in [-0.2, 0) is 14.3 Å². The fraction of sp³-hybridized carbons (Fsp3) is 0.368. The molecule has 2 aromatic rings. The number of methoxy groups -OCH3 is 1. The smallest absolute Gasteiger partial charge is 0.336 e. The SMILES string of the molecule is COC(=O)[C@H]1N2C(=O)[C@H](Nc3cc4oc(=O)ccc4cc3C#N)[C@@H]2SC1(C)C. The summed E-state index contributed by atoms with van der Waals surface area (Å²) in [7, 11) is 1.30. The van der Waals surface area contributed by atoms with Gasteiger partial charge >= 0.3 is 11.6 Å². The van der Waals surface area contributed by atoms with Gasteiger partial charge in [-0.05, 0) is 26.0 Å². The number of ether oxygens (including phenoxy) is 1. The zero-order valence-electron chi connectivity index (χ0n) is 15.4. The fourth-order valence-electron chi connectivity index (χ4n) is 3.73. The Hall–Kier alpha value is -2.99. The van der Waals surface area contributed by atoms with Crippen LogP contribution in [0.15, 0.2) is 33.5 Å². The molecule has 4 rings (SSSR count). The van der Waals surface area contributed by atoms with Crippen molar-refractivity contribution in [3.63, 3.8) is 0 Å². The van der Waals surface area contributed by atoms with Gasteiger partial charge in [-0.25, -0.2) is 9.59 Å². The van der Waals surface area contributed by atoms with Crippen LogP contribution in [0.2, 0.25) is 0 Å². The zero-order chi connectivity index (χ0) is 20.2. The van der Waals surface area contributed by atoms with Crippen LogP contribution in [-0.4, -0.2) is 46.1 Å². The third-order valence-electron chi connectivity index (χ3n) is 5.06. The standard InChI is InChI=1S/C19H17N3O5S/c1-19(2)15(18(25)26-3)22-16(24)14(17(22)28-19)21-11-7-12-9(6-10(11)8-20)4-5-13(23)27-12/h4-7,14-15,17,21H,1-3H3/t14-,15+,17-/m0/s1. The van der Waals surface area contributed by atoms with E-state index in [0.29, 0.717) is 22.2 Å². The van der Waals surface area contributed by atoms with E-state index in [9.17, 15) is 19.6 Å². The molecule has 2 saturated heterocycles. The Labute approximate surface area is 164 Å². The van der Waals surface area contributed by atoms with Gasteiger partial charge in [0.1, 0.15) is 29.1 Å². The third kappa shape index (κ3) is 2.64. The molecule has 2 aliphatic rings. The molecule has 2 aliphatic heterocycles. The van der Waals surface area contributed by atoms with E-state index in [4.69, 9.17) is 9.15 Å². The molecule has 0 radical (unpaired) electrons. The minimum absolute atomic E-state index is 0.239. The average Bonchev–Trinajstić information content (AvgIpc) is 2.92. The zero-order valence-corrected chi connectivity index (χ0v) is 16.2. The lowest BCUT2D eigenvalue weighted by Crippen LogP contribution is -2.68. The Bertz CT molecular complexity index is 1100. The second-order valence-corrected chi connectivity index (χ2v) is 8.98. The number of carbonyl (C=O) groups excluding carboxylic acids is 2. The van der Waals surface area contributed by atoms with Crippen LogP contribution < -0.4 is 10.9 Å². The number of nitrogens with one attached hydrogen (secondary N) is 1. The Kier molecular flexibility index (Phi) is 4.12. The molecule has 1 aromatic carbocycles. The van der Waals surface area contributed by atoms with E-state index < -0.39 is 28.4 Å². The molecule has 1 aromatic heterocycles. The quantitative estimate of drug-likeness (QED) is 0.471. The molecule has 0 aliphatic carbocycles. The summed E-state index contributed by atoms with van der Waals surface area (Å²) >= 11 is 1.51. The summed E-state index contributed by atoms with van der Waals surface area (Å²) in [6, 6.07) is 6.85. The highest BCUT2D eigenvalue weighted by Gasteiger charge is 2.64. The predicted octanol–water partition coefficient (Wildman–Crippen LogP) is 1.68. The lowest BCUT2D eigenvalue weighted by molar-refractivity contribution is -0.160. The van der Waals surface area contributed by atoms with Crippen LogP contribution in [0.4, 0.5) is 5.69 Å². The first-order valence-electron chi connectivity index (χ1n) is 8.59. The molecule has 0 saturated carbocycles. The van der Waals surface area contributed by atoms with Crippen molar-refractivity contribution in [3.05, 3.63) is 40.2 Å². The molecule has 144 valence electrons. The van der Waals surface area contributed by atoms with Gasteiger partial charge in [-0.1, -0.05) is 0 Å². The number of anilines is 1. The summed E-state index contributed by atoms with van der Waals surface area (Å²) in [5, 5.41) is 12.9. The van der Waals surface area contributed by atoms with Crippen LogP contribution in [0.1, 0.15) is 19.4 Å². The van der Waals surface area contributed by atoms with Crippen molar-refractivity contribution in [2.45, 2.75) is 36.1 Å². The first-order chi connectivity index (χ1) is 13.3. The van der Waals surface area contributed by atoms with Gasteiger partial charge in [0, 0.05) is 22.3 Å². The van der Waals surface area contributed by atoms with Crippen molar-refractivity contribution in [1.29, 1.82) is 5.26 Å². The second kappa shape index (κ2) is 6.27. The Morgan fingerprint density at radius 1 is 1.36 bits per heavy atom. The van der Waals surface area contributed by atoms with Crippen LogP contribution in [0.5, 0.6) is 0 Å². The van der Waals surface area contributed by atoms with E-state index in [0.717, 1.165) is 0 Å². The van der Waals surface area contributed by atoms with Crippen molar-refractivity contribution < 1.29 is 18.7 Å². The lowest BCUT2D eigenvalue weighted by Gasteiger charge is -2.44. The molecule has 28 heavy (non-hydrogen) atoms. The highest BCUT2D eigenvalue weighted by atomic mass is 32.2. The van der Waals surface area contributed by atoms with Crippen molar-refractivity contribution in [1.82, 2.24) is 4.90 Å². The largest absolute Gasteiger partial charge is 0.467 e. The van der Waals surface area contributed by atoms with E-state index in [1.54, 1.807) is 18.2 Å². The van der Waals surface area contributed by atoms with Gasteiger partial charge in [0.15, 0.2) is 0 Å². The number of hydrogen-bond donors (Lipinski definition) is 1. The number of esters is 1. The predicted molar refractivity (Wildman–Crippen MR) is 103 cm³/mol. The number of rotatable bonds is 3. The van der Waals surface area contributed by atoms with E-state index in [-0.39, 0.29) is 11.3 Å². The maximum Gasteiger partial charge on any atom is 0.336 e. The molecule has 0 bridgehead atoms. The second-order valence-electron chi connectivity index (χ2n) is 7.21. The minimum atomic E-state index is -0.664. The number of carbonyl (C=O) groups is 2. The van der Waals surface area contributed by atoms with Crippen LogP contribution in [0.25, 0.3) is 11.0 Å². The molecular formula is C19H17N3O5S. The molecule has 1 amide bonds. The van der Waals surface area contributed by atoms with E-state index in [1.165, 1.54) is 29.8 Å². The summed E-state index contributed by atoms with van der Waals surface area (Å²) in [6.07, 6.45) is 0. The molecular weight excluding hydrogens is 382 g/mol. The third-order valence-corrected chi connectivity index (χ3v) is 6.63. The van der Waals surface area contributed by atoms with E-state index in [1.807, 2.05) is 13.8 Å². The highest BCUT2D eigenvalue weighted by Crippen LogP contribution is 2.51. The monoisotopic (exact) mass is 399 g/mol. The van der Waals surface area contributed by atoms with Gasteiger partial charge in [-0.2, -0.15) is 5.26 Å². The number of hydrogen-bond acceptors (Lipinski definition) is 8. The molecule has 0 unspecified atom stereocenters. The van der Waals surface area contributed by atoms with Gasteiger partial charge in [0.25, 0.3) is 0 Å². The summed E-state index contributed by atoms with van der Waals surface area (Å²) in [5.74, 6) is -0.686. The highest BCUT2D eigenvalue weighted by molar-refractivity contribution is 8.01. The molecule has 1 N–H and O–H groups in total. The molecule has 0 spiro atoms. The normalized spacial score (nSPS) is 25.0. The number of nitriles is 1. The minimum Gasteiger partial charge on any atom is -0.467 e. The molecule has 8 nitrogen and oxygen atoms in total. The summed E-state index contributed by atoms with van der Waals surface area (Å²) < 4.78 is 9.54. The maximum absolute atomic E-state index is 12.8. The van der Waals surface area contributed by atoms with E-state index in [2.05, 4.69) is 11.4 Å². The van der Waals surface area contributed by atoms with Crippen LogP contribution in [0.3, 0.4) is 0 Å². The number of amides is 1. The number of benzene rings is 1. The van der Waals surface area contributed by atoms with Gasteiger partial charge in [-0.3, -0.25) is 4.79 Å². The van der Waals surface area contributed by atoms with Crippen molar-refractivity contribution in [2.24, 2.45) is 0 Å². The first-order valence-corrected chi connectivity index (χ1v) is 9.47. The number of β-lactam (4-membered cyclic amide) rings is 1. The topological polar surface area (TPSA) is 113 Å². The Balaban J connectivity index is 1.66. The van der Waals surface area contributed by atoms with Crippen molar-refractivity contribution in [3.8, 4) is 6.07 Å². The van der Waals surface area contributed by atoms with Gasteiger partial charge < -0.3 is 19.4 Å². The summed E-state index contributed by atoms with van der Waals surface area (Å²) in [4.78, 5) is 38.0. The van der Waals surface area contributed by atoms with Gasteiger partial charge in [0.05, 0.1) is 18.4 Å². The van der Waals surface area contributed by atoms with E-state index >= 15 is 0 Å². The Morgan fingerprint density at radius 2 is 2.11 bits per heavy atom. The number of fused-ring (bicyclic) bond motifs is 2. The maximum atomic E-state index is 12.8. The summed E-state index contributed by atoms with van der Waals surface area (Å²) in [6.45, 7) is 3.79. The average molecular weight is 399 g/mol. The van der Waals surface area contributed by atoms with Crippen LogP contribution in [0, 0.1) is 11.3 Å². The van der Waals surface area contributed by atoms with Gasteiger partial charge in [0.2, 0.25) is 5.91 Å². The van der Waals surface area contributed by atoms with Crippen molar-refractivity contribution >= 4 is 40.3 Å². The van der Waals surface area contributed by atoms with Crippen LogP contribution >= 0.6 is 11.8 Å². The molecule has 9 heteroatoms. The Morgan fingerprint density at radius 3 is 2.79 bits per heavy atom. The number of thioether (sulfide) groups is 1. The van der Waals surface area contributed by atoms with Crippen molar-refractivity contribution in [2.75, 3.05) is 12.4 Å². The molecule has 2 fully saturated rings. The first kappa shape index (κ1) is 18.4. The molecule has 3 atom stereocenters. The molecule has 3 heterocycles. The number of nitrogens with zero attached hydrogens (tertiary/aromatic N) is 2. The van der Waals surface area contributed by atoms with Gasteiger partial charge in [-0.15, -0.1) is 11.8 Å².